The van der Waals surface area contributed by atoms with Gasteiger partial charge < -0.3 is 19.4 Å². The average molecular weight is 631 g/mol. The summed E-state index contributed by atoms with van der Waals surface area (Å²) in [4.78, 5) is 41.9. The third kappa shape index (κ3) is 5.90. The summed E-state index contributed by atoms with van der Waals surface area (Å²) in [5.41, 5.74) is 11.2. The molecule has 2 aliphatic heterocycles. The molecule has 48 heavy (non-hydrogen) atoms. The van der Waals surface area contributed by atoms with Crippen molar-refractivity contribution < 1.29 is 19.1 Å². The van der Waals surface area contributed by atoms with E-state index in [9.17, 15) is 9.59 Å². The van der Waals surface area contributed by atoms with Crippen molar-refractivity contribution in [1.82, 2.24) is 19.9 Å². The second kappa shape index (κ2) is 13.1. The van der Waals surface area contributed by atoms with Gasteiger partial charge >= 0.3 is 11.9 Å². The highest BCUT2D eigenvalue weighted by molar-refractivity contribution is 5.98. The van der Waals surface area contributed by atoms with E-state index in [2.05, 4.69) is 9.97 Å². The van der Waals surface area contributed by atoms with Crippen LogP contribution in [0.3, 0.4) is 0 Å². The smallest absolute Gasteiger partial charge is 0.330 e. The molecule has 0 amide bonds. The molecule has 0 spiro atoms. The Morgan fingerprint density at radius 3 is 1.29 bits per heavy atom. The van der Waals surface area contributed by atoms with Crippen molar-refractivity contribution in [3.8, 4) is 22.3 Å². The zero-order valence-electron chi connectivity index (χ0n) is 26.2. The number of H-pyrrole nitrogens is 2. The lowest BCUT2D eigenvalue weighted by molar-refractivity contribution is -0.135. The number of carbonyl (C=O) groups is 2. The van der Waals surface area contributed by atoms with Gasteiger partial charge in [-0.25, -0.2) is 19.6 Å². The van der Waals surface area contributed by atoms with Gasteiger partial charge in [-0.05, 0) is 71.8 Å². The number of carbonyl (C=O) groups excluding carboxylic acids is 2. The predicted octanol–water partition coefficient (Wildman–Crippen LogP) is 8.36. The number of rotatable bonds is 6. The molecule has 2 aliphatic rings. The van der Waals surface area contributed by atoms with E-state index >= 15 is 0 Å². The van der Waals surface area contributed by atoms with Crippen LogP contribution in [0.4, 0.5) is 0 Å². The highest BCUT2D eigenvalue weighted by atomic mass is 16.5. The Morgan fingerprint density at radius 1 is 0.521 bits per heavy atom. The Hall–Kier alpha value is -6.54. The van der Waals surface area contributed by atoms with E-state index in [0.717, 1.165) is 66.8 Å². The quantitative estimate of drug-likeness (QED) is 0.141. The van der Waals surface area contributed by atoms with Crippen LogP contribution in [0.25, 0.3) is 80.8 Å². The Kier molecular flexibility index (Phi) is 8.20. The number of fused-ring (bicyclic) bond motifs is 8. The Bertz CT molecular complexity index is 2180. The highest BCUT2D eigenvalue weighted by Gasteiger charge is 2.16. The lowest BCUT2D eigenvalue weighted by Crippen LogP contribution is -1.94. The Labute approximate surface area is 276 Å². The minimum absolute atomic E-state index is 0.470. The van der Waals surface area contributed by atoms with E-state index in [0.29, 0.717) is 11.4 Å². The molecule has 2 N–H and O–H groups in total. The molecule has 8 nitrogen and oxygen atoms in total. The fraction of sp³-hybridized carbons (Fsp3) is 0.0500. The van der Waals surface area contributed by atoms with Crippen molar-refractivity contribution in [3.63, 3.8) is 0 Å². The van der Waals surface area contributed by atoms with Crippen LogP contribution < -0.4 is 0 Å². The van der Waals surface area contributed by atoms with Gasteiger partial charge in [-0.1, -0.05) is 60.7 Å². The van der Waals surface area contributed by atoms with Crippen molar-refractivity contribution in [2.45, 2.75) is 0 Å². The zero-order chi connectivity index (χ0) is 33.0. The van der Waals surface area contributed by atoms with Crippen molar-refractivity contribution >= 4 is 70.5 Å². The molecule has 0 radical (unpaired) electrons. The molecule has 0 fully saturated rings. The maximum Gasteiger partial charge on any atom is 0.330 e. The summed E-state index contributed by atoms with van der Waals surface area (Å²) in [5, 5.41) is 0. The first-order chi connectivity index (χ1) is 23.5. The number of benzene rings is 2. The van der Waals surface area contributed by atoms with Crippen molar-refractivity contribution in [2.75, 3.05) is 14.2 Å². The van der Waals surface area contributed by atoms with Gasteiger partial charge in [0.2, 0.25) is 0 Å². The van der Waals surface area contributed by atoms with Crippen LogP contribution in [0.2, 0.25) is 0 Å². The van der Waals surface area contributed by atoms with Crippen LogP contribution in [0.5, 0.6) is 0 Å². The maximum atomic E-state index is 12.2. The second-order valence-corrected chi connectivity index (χ2v) is 11.0. The Morgan fingerprint density at radius 2 is 0.896 bits per heavy atom. The van der Waals surface area contributed by atoms with Gasteiger partial charge in [0, 0.05) is 56.5 Å². The van der Waals surface area contributed by atoms with E-state index in [1.165, 1.54) is 26.4 Å². The van der Waals surface area contributed by atoms with E-state index in [1.807, 2.05) is 109 Å². The highest BCUT2D eigenvalue weighted by Crippen LogP contribution is 2.34. The van der Waals surface area contributed by atoms with Crippen LogP contribution in [0.1, 0.15) is 33.9 Å². The van der Waals surface area contributed by atoms with Gasteiger partial charge in [0.1, 0.15) is 0 Å². The Balaban J connectivity index is 1.65. The third-order valence-electron chi connectivity index (χ3n) is 8.13. The second-order valence-electron chi connectivity index (χ2n) is 11.0. The summed E-state index contributed by atoms with van der Waals surface area (Å²) >= 11 is 0. The molecule has 0 unspecified atom stereocenters. The molecule has 5 aromatic rings. The number of nitrogens with one attached hydrogen (secondary N) is 2. The molecular formula is C40H30N4O4. The summed E-state index contributed by atoms with van der Waals surface area (Å²) in [7, 11) is 2.70. The fourth-order valence-electron chi connectivity index (χ4n) is 5.86. The summed E-state index contributed by atoms with van der Waals surface area (Å²) in [6.45, 7) is 0. The van der Waals surface area contributed by atoms with Crippen LogP contribution in [-0.2, 0) is 19.1 Å². The zero-order valence-corrected chi connectivity index (χ0v) is 26.2. The van der Waals surface area contributed by atoms with Gasteiger partial charge in [-0.3, -0.25) is 0 Å². The summed E-state index contributed by atoms with van der Waals surface area (Å²) in [6.07, 6.45) is 14.1. The minimum atomic E-state index is -0.470. The molecule has 0 atom stereocenters. The first-order valence-electron chi connectivity index (χ1n) is 15.3. The van der Waals surface area contributed by atoms with Crippen molar-refractivity contribution in [2.24, 2.45) is 0 Å². The summed E-state index contributed by atoms with van der Waals surface area (Å²) in [6, 6.07) is 28.0. The number of hydrogen-bond acceptors (Lipinski definition) is 6. The van der Waals surface area contributed by atoms with Crippen molar-refractivity contribution in [1.29, 1.82) is 0 Å². The molecule has 0 aliphatic carbocycles. The molecule has 8 heteroatoms. The van der Waals surface area contributed by atoms with Gasteiger partial charge in [0.25, 0.3) is 0 Å². The number of ether oxygens (including phenoxy) is 2. The minimum Gasteiger partial charge on any atom is -0.466 e. The number of aromatic amines is 2. The van der Waals surface area contributed by atoms with E-state index < -0.39 is 11.9 Å². The van der Waals surface area contributed by atoms with E-state index in [4.69, 9.17) is 19.4 Å². The topological polar surface area (TPSA) is 110 Å². The average Bonchev–Trinajstić information content (AvgIpc) is 3.96. The molecule has 3 aromatic heterocycles. The monoisotopic (exact) mass is 630 g/mol. The lowest BCUT2D eigenvalue weighted by Gasteiger charge is -2.05. The molecular weight excluding hydrogens is 600 g/mol. The van der Waals surface area contributed by atoms with Gasteiger partial charge in [-0.15, -0.1) is 0 Å². The SMILES string of the molecule is COC(=O)/C=C/c1c2nc(c(-c3ccccc3)c3ccc([nH]3)c(/C=C/C(=O)OC)c3nc(c(-c4ccccc4)c4ccc1[nH]4)C=C3)C=C2. The number of nitrogens with zero attached hydrogens (tertiary/aromatic N) is 2. The molecule has 7 rings (SSSR count). The third-order valence-corrected chi connectivity index (χ3v) is 8.13. The van der Waals surface area contributed by atoms with E-state index in [1.54, 1.807) is 12.2 Å². The first-order valence-corrected chi connectivity index (χ1v) is 15.3. The normalized spacial score (nSPS) is 12.2. The molecule has 0 saturated heterocycles. The molecule has 5 heterocycles. The van der Waals surface area contributed by atoms with Crippen LogP contribution in [0.15, 0.2) is 97.1 Å². The lowest BCUT2D eigenvalue weighted by atomic mass is 10.0. The van der Waals surface area contributed by atoms with Gasteiger partial charge in [0.15, 0.2) is 0 Å². The number of hydrogen-bond donors (Lipinski definition) is 2. The maximum absolute atomic E-state index is 12.2. The molecule has 2 aromatic carbocycles. The number of esters is 2. The molecule has 0 saturated carbocycles. The van der Waals surface area contributed by atoms with Crippen LogP contribution in [0, 0.1) is 0 Å². The molecule has 8 bridgehead atoms. The van der Waals surface area contributed by atoms with Crippen LogP contribution >= 0.6 is 0 Å². The fourth-order valence-corrected chi connectivity index (χ4v) is 5.86. The summed E-state index contributed by atoms with van der Waals surface area (Å²) < 4.78 is 9.82. The number of methoxy groups -OCH3 is 2. The van der Waals surface area contributed by atoms with Crippen molar-refractivity contribution in [3.05, 3.63) is 131 Å². The van der Waals surface area contributed by atoms with E-state index in [-0.39, 0.29) is 0 Å². The van der Waals surface area contributed by atoms with Crippen LogP contribution in [-0.4, -0.2) is 46.1 Å². The number of aromatic nitrogens is 4. The standard InChI is InChI=1S/C40H30N4O4/c1-47-37(45)23-13-27-29-15-19-33(41-29)39(25-9-5-3-6-10-25)35-21-17-31(43-35)28(14-24-38(46)48-2)32-18-22-36(44-32)40(26-11-7-4-8-12-26)34-20-16-30(27)42-34/h3-24,41,44H,1-2H3/b23-13+,24-14+,29-27?,30-27?,31-28?,32-28?,39-33?,39-35?,40-34?,40-36?. The largest absolute Gasteiger partial charge is 0.466 e. The summed E-state index contributed by atoms with van der Waals surface area (Å²) in [5.74, 6) is -0.941. The van der Waals surface area contributed by atoms with Gasteiger partial charge in [0.05, 0.1) is 37.0 Å². The molecule has 234 valence electrons. The predicted molar refractivity (Wildman–Crippen MR) is 192 cm³/mol. The first kappa shape index (κ1) is 30.1. The van der Waals surface area contributed by atoms with Gasteiger partial charge in [-0.2, -0.15) is 0 Å².